The Morgan fingerprint density at radius 3 is 3.04 bits per heavy atom. The minimum Gasteiger partial charge on any atom is -0.466 e. The van der Waals surface area contributed by atoms with Gasteiger partial charge < -0.3 is 15.0 Å². The summed E-state index contributed by atoms with van der Waals surface area (Å²) in [6.45, 7) is 0.831. The number of nitrogens with zero attached hydrogens (tertiary/aromatic N) is 1. The Bertz CT molecular complexity index is 787. The summed E-state index contributed by atoms with van der Waals surface area (Å²) in [6, 6.07) is 8.14. The summed E-state index contributed by atoms with van der Waals surface area (Å²) in [5.41, 5.74) is 2.55. The Morgan fingerprint density at radius 1 is 1.38 bits per heavy atom. The van der Waals surface area contributed by atoms with Gasteiger partial charge in [0.15, 0.2) is 0 Å². The number of methoxy groups -OCH3 is 1. The molecule has 0 radical (unpaired) electrons. The van der Waals surface area contributed by atoms with E-state index in [0.29, 0.717) is 12.0 Å². The van der Waals surface area contributed by atoms with Crippen molar-refractivity contribution < 1.29 is 14.3 Å². The molecule has 0 bridgehead atoms. The van der Waals surface area contributed by atoms with Crippen LogP contribution in [0, 0.1) is 5.92 Å². The molecule has 4 aliphatic rings. The van der Waals surface area contributed by atoms with Gasteiger partial charge in [-0.1, -0.05) is 24.3 Å². The molecule has 0 aromatic heterocycles. The molecule has 5 nitrogen and oxygen atoms in total. The van der Waals surface area contributed by atoms with Crippen molar-refractivity contribution in [3.8, 4) is 0 Å². The first kappa shape index (κ1) is 14.1. The van der Waals surface area contributed by atoms with Gasteiger partial charge in [-0.2, -0.15) is 0 Å². The Morgan fingerprint density at radius 2 is 2.21 bits per heavy atom. The predicted octanol–water partition coefficient (Wildman–Crippen LogP) is 1.84. The van der Waals surface area contributed by atoms with E-state index in [1.165, 1.54) is 12.7 Å². The Kier molecular flexibility index (Phi) is 2.71. The van der Waals surface area contributed by atoms with Gasteiger partial charge in [0, 0.05) is 18.7 Å². The smallest absolute Gasteiger partial charge is 0.335 e. The second-order valence-corrected chi connectivity index (χ2v) is 7.29. The summed E-state index contributed by atoms with van der Waals surface area (Å²) in [5.74, 6) is 0.158. The minimum atomic E-state index is -0.350. The summed E-state index contributed by atoms with van der Waals surface area (Å²) >= 11 is 0. The topological polar surface area (TPSA) is 58.6 Å². The average Bonchev–Trinajstić information content (AvgIpc) is 3.10. The van der Waals surface area contributed by atoms with Crippen LogP contribution in [0.25, 0.3) is 0 Å². The van der Waals surface area contributed by atoms with Gasteiger partial charge in [-0.25, -0.2) is 4.79 Å². The normalized spacial score (nSPS) is 35.5. The summed E-state index contributed by atoms with van der Waals surface area (Å²) < 4.78 is 5.06. The molecule has 4 atom stereocenters. The van der Waals surface area contributed by atoms with Crippen LogP contribution in [0.2, 0.25) is 0 Å². The van der Waals surface area contributed by atoms with E-state index in [1.54, 1.807) is 0 Å². The summed E-state index contributed by atoms with van der Waals surface area (Å²) in [4.78, 5) is 27.3. The zero-order valence-corrected chi connectivity index (χ0v) is 13.6. The highest BCUT2D eigenvalue weighted by molar-refractivity contribution is 5.95. The van der Waals surface area contributed by atoms with Gasteiger partial charge in [-0.15, -0.1) is 0 Å². The first-order valence-electron chi connectivity index (χ1n) is 8.62. The van der Waals surface area contributed by atoms with E-state index >= 15 is 0 Å². The van der Waals surface area contributed by atoms with Gasteiger partial charge >= 0.3 is 5.97 Å². The molecule has 2 saturated heterocycles. The van der Waals surface area contributed by atoms with Crippen molar-refractivity contribution in [2.45, 2.75) is 36.8 Å². The number of ether oxygens (including phenoxy) is 1. The zero-order chi connectivity index (χ0) is 16.5. The lowest BCUT2D eigenvalue weighted by molar-refractivity contribution is -0.136. The maximum atomic E-state index is 12.8. The van der Waals surface area contributed by atoms with E-state index in [0.717, 1.165) is 25.1 Å². The molecule has 1 aromatic carbocycles. The molecule has 1 spiro atoms. The summed E-state index contributed by atoms with van der Waals surface area (Å²) in [5, 5.41) is 3.53. The maximum Gasteiger partial charge on any atom is 0.335 e. The monoisotopic (exact) mass is 324 g/mol. The van der Waals surface area contributed by atoms with Crippen LogP contribution in [-0.2, 0) is 19.7 Å². The van der Waals surface area contributed by atoms with Crippen molar-refractivity contribution in [3.63, 3.8) is 0 Å². The molecular formula is C19H20N2O3. The molecule has 1 aromatic rings. The Balaban J connectivity index is 1.76. The summed E-state index contributed by atoms with van der Waals surface area (Å²) in [7, 11) is 1.43. The van der Waals surface area contributed by atoms with Gasteiger partial charge in [-0.3, -0.25) is 4.79 Å². The summed E-state index contributed by atoms with van der Waals surface area (Å²) in [6.07, 6.45) is 4.56. The SMILES string of the molecule is COC(=O)C1=C[C@H]2CCCN3C(=O)C[C@]4(c5ccccc5N[C@H]14)[C@@H]23. The van der Waals surface area contributed by atoms with Crippen LogP contribution < -0.4 is 5.32 Å². The first-order chi connectivity index (χ1) is 11.7. The number of piperidine rings is 1. The standard InChI is InChI=1S/C19H20N2O3/c1-24-18(23)12-9-11-5-4-8-21-15(22)10-19(17(11)21)13-6-2-3-7-14(13)20-16(12)19/h2-3,6-7,9,11,16-17,20H,4-5,8,10H2,1H3/t11-,16-,17-,19-/m1/s1. The number of hydrogen-bond donors (Lipinski definition) is 1. The van der Waals surface area contributed by atoms with Crippen molar-refractivity contribution >= 4 is 17.6 Å². The molecule has 1 aliphatic carbocycles. The number of fused-ring (bicyclic) bond motifs is 1. The van der Waals surface area contributed by atoms with Crippen LogP contribution in [-0.4, -0.2) is 42.5 Å². The van der Waals surface area contributed by atoms with E-state index in [-0.39, 0.29) is 35.3 Å². The van der Waals surface area contributed by atoms with Crippen molar-refractivity contribution in [1.82, 2.24) is 4.90 Å². The third-order valence-corrected chi connectivity index (χ3v) is 6.34. The largest absolute Gasteiger partial charge is 0.466 e. The second kappa shape index (κ2) is 4.62. The molecule has 1 amide bonds. The second-order valence-electron chi connectivity index (χ2n) is 7.29. The van der Waals surface area contributed by atoms with E-state index in [2.05, 4.69) is 22.4 Å². The number of hydrogen-bond acceptors (Lipinski definition) is 4. The van der Waals surface area contributed by atoms with Gasteiger partial charge in [0.25, 0.3) is 0 Å². The maximum absolute atomic E-state index is 12.8. The molecule has 3 aliphatic heterocycles. The number of anilines is 1. The fourth-order valence-corrected chi connectivity index (χ4v) is 5.56. The molecule has 2 fully saturated rings. The number of amides is 1. The lowest BCUT2D eigenvalue weighted by Gasteiger charge is -2.48. The third kappa shape index (κ3) is 1.50. The van der Waals surface area contributed by atoms with Crippen LogP contribution >= 0.6 is 0 Å². The molecule has 5 rings (SSSR count). The van der Waals surface area contributed by atoms with Gasteiger partial charge in [-0.05, 0) is 30.4 Å². The fourth-order valence-electron chi connectivity index (χ4n) is 5.56. The highest BCUT2D eigenvalue weighted by Gasteiger charge is 2.65. The molecule has 24 heavy (non-hydrogen) atoms. The molecule has 124 valence electrons. The van der Waals surface area contributed by atoms with E-state index in [4.69, 9.17) is 4.74 Å². The number of nitrogens with one attached hydrogen (secondary N) is 1. The number of para-hydroxylation sites is 1. The third-order valence-electron chi connectivity index (χ3n) is 6.34. The van der Waals surface area contributed by atoms with Gasteiger partial charge in [0.1, 0.15) is 0 Å². The lowest BCUT2D eigenvalue weighted by atomic mass is 9.60. The number of benzene rings is 1. The molecule has 1 N–H and O–H groups in total. The molecule has 3 heterocycles. The van der Waals surface area contributed by atoms with E-state index in [9.17, 15) is 9.59 Å². The highest BCUT2D eigenvalue weighted by Crippen LogP contribution is 2.58. The zero-order valence-electron chi connectivity index (χ0n) is 13.6. The number of rotatable bonds is 1. The van der Waals surface area contributed by atoms with Crippen molar-refractivity contribution in [3.05, 3.63) is 41.5 Å². The van der Waals surface area contributed by atoms with Crippen LogP contribution in [0.15, 0.2) is 35.9 Å². The predicted molar refractivity (Wildman–Crippen MR) is 88.5 cm³/mol. The van der Waals surface area contributed by atoms with Crippen LogP contribution in [0.5, 0.6) is 0 Å². The molecule has 0 saturated carbocycles. The van der Waals surface area contributed by atoms with Crippen molar-refractivity contribution in [2.75, 3.05) is 19.0 Å². The quantitative estimate of drug-likeness (QED) is 0.801. The van der Waals surface area contributed by atoms with Crippen molar-refractivity contribution in [2.24, 2.45) is 5.92 Å². The van der Waals surface area contributed by atoms with E-state index < -0.39 is 0 Å². The van der Waals surface area contributed by atoms with E-state index in [1.807, 2.05) is 18.2 Å². The van der Waals surface area contributed by atoms with Crippen molar-refractivity contribution in [1.29, 1.82) is 0 Å². The Hall–Kier alpha value is -2.30. The number of carbonyl (C=O) groups excluding carboxylic acids is 2. The van der Waals surface area contributed by atoms with Crippen LogP contribution in [0.4, 0.5) is 5.69 Å². The van der Waals surface area contributed by atoms with Gasteiger partial charge in [0.2, 0.25) is 5.91 Å². The fraction of sp³-hybridized carbons (Fsp3) is 0.474. The average molecular weight is 324 g/mol. The lowest BCUT2D eigenvalue weighted by Crippen LogP contribution is -2.58. The molecule has 0 unspecified atom stereocenters. The number of carbonyl (C=O) groups is 2. The minimum absolute atomic E-state index is 0.147. The van der Waals surface area contributed by atoms with Crippen LogP contribution in [0.3, 0.4) is 0 Å². The number of esters is 1. The Labute approximate surface area is 140 Å². The first-order valence-corrected chi connectivity index (χ1v) is 8.62. The van der Waals surface area contributed by atoms with Gasteiger partial charge in [0.05, 0.1) is 30.2 Å². The molecule has 5 heteroatoms. The molecular weight excluding hydrogens is 304 g/mol. The van der Waals surface area contributed by atoms with Crippen LogP contribution in [0.1, 0.15) is 24.8 Å². The highest BCUT2D eigenvalue weighted by atomic mass is 16.5.